The van der Waals surface area contributed by atoms with Gasteiger partial charge in [-0.05, 0) is 24.8 Å². The van der Waals surface area contributed by atoms with Crippen molar-refractivity contribution in [2.45, 2.75) is 31.8 Å². The van der Waals surface area contributed by atoms with Crippen molar-refractivity contribution in [3.63, 3.8) is 0 Å². The summed E-state index contributed by atoms with van der Waals surface area (Å²) in [7, 11) is 0. The SMILES string of the molecule is O=C(N[C@H]1CCCCNC1=O)c1cnn(Cc2ccccc2)c1. The van der Waals surface area contributed by atoms with E-state index >= 15 is 0 Å². The van der Waals surface area contributed by atoms with E-state index in [2.05, 4.69) is 15.7 Å². The third-order valence-corrected chi connectivity index (χ3v) is 3.92. The number of hydrogen-bond donors (Lipinski definition) is 2. The maximum Gasteiger partial charge on any atom is 0.255 e. The monoisotopic (exact) mass is 312 g/mol. The van der Waals surface area contributed by atoms with Gasteiger partial charge in [0.15, 0.2) is 0 Å². The van der Waals surface area contributed by atoms with E-state index in [0.717, 1.165) is 18.4 Å². The molecule has 1 fully saturated rings. The van der Waals surface area contributed by atoms with Gasteiger partial charge in [-0.1, -0.05) is 30.3 Å². The molecule has 2 amide bonds. The number of aromatic nitrogens is 2. The number of nitrogens with one attached hydrogen (secondary N) is 2. The first-order valence-electron chi connectivity index (χ1n) is 7.87. The van der Waals surface area contributed by atoms with Crippen LogP contribution in [-0.2, 0) is 11.3 Å². The van der Waals surface area contributed by atoms with Crippen molar-refractivity contribution < 1.29 is 9.59 Å². The Kier molecular flexibility index (Phi) is 4.71. The fourth-order valence-corrected chi connectivity index (χ4v) is 2.66. The third kappa shape index (κ3) is 3.97. The molecule has 23 heavy (non-hydrogen) atoms. The minimum atomic E-state index is -0.456. The van der Waals surface area contributed by atoms with Crippen molar-refractivity contribution in [2.75, 3.05) is 6.54 Å². The Morgan fingerprint density at radius 1 is 1.30 bits per heavy atom. The Balaban J connectivity index is 1.63. The molecule has 0 spiro atoms. The molecule has 2 aromatic rings. The normalized spacial score (nSPS) is 18.1. The standard InChI is InChI=1S/C17H20N4O2/c22-16(20-15-8-4-5-9-18-17(15)23)14-10-19-21(12-14)11-13-6-2-1-3-7-13/h1-3,6-7,10,12,15H,4-5,8-9,11H2,(H,18,23)(H,20,22)/t15-/m0/s1. The van der Waals surface area contributed by atoms with E-state index in [9.17, 15) is 9.59 Å². The average molecular weight is 312 g/mol. The van der Waals surface area contributed by atoms with Gasteiger partial charge < -0.3 is 10.6 Å². The smallest absolute Gasteiger partial charge is 0.255 e. The molecular formula is C17H20N4O2. The zero-order valence-electron chi connectivity index (χ0n) is 12.9. The van der Waals surface area contributed by atoms with Crippen LogP contribution in [0.15, 0.2) is 42.7 Å². The molecule has 0 saturated carbocycles. The highest BCUT2D eigenvalue weighted by atomic mass is 16.2. The lowest BCUT2D eigenvalue weighted by Gasteiger charge is -2.14. The number of carbonyl (C=O) groups excluding carboxylic acids is 2. The van der Waals surface area contributed by atoms with Crippen molar-refractivity contribution in [3.05, 3.63) is 53.9 Å². The van der Waals surface area contributed by atoms with Crippen LogP contribution in [0.2, 0.25) is 0 Å². The number of amides is 2. The summed E-state index contributed by atoms with van der Waals surface area (Å²) in [6.45, 7) is 1.29. The van der Waals surface area contributed by atoms with Gasteiger partial charge in [0.05, 0.1) is 18.3 Å². The molecule has 1 atom stereocenters. The van der Waals surface area contributed by atoms with E-state index < -0.39 is 6.04 Å². The second kappa shape index (κ2) is 7.09. The summed E-state index contributed by atoms with van der Waals surface area (Å²) in [6, 6.07) is 9.47. The Labute approximate surface area is 134 Å². The van der Waals surface area contributed by atoms with E-state index in [1.807, 2.05) is 30.3 Å². The van der Waals surface area contributed by atoms with E-state index in [4.69, 9.17) is 0 Å². The second-order valence-corrected chi connectivity index (χ2v) is 5.73. The largest absolute Gasteiger partial charge is 0.354 e. The lowest BCUT2D eigenvalue weighted by Crippen LogP contribution is -2.45. The van der Waals surface area contributed by atoms with Gasteiger partial charge in [0.25, 0.3) is 5.91 Å². The second-order valence-electron chi connectivity index (χ2n) is 5.73. The highest BCUT2D eigenvalue weighted by molar-refractivity contribution is 5.97. The number of benzene rings is 1. The van der Waals surface area contributed by atoms with Crippen molar-refractivity contribution >= 4 is 11.8 Å². The zero-order chi connectivity index (χ0) is 16.1. The van der Waals surface area contributed by atoms with Gasteiger partial charge >= 0.3 is 0 Å². The van der Waals surface area contributed by atoms with Crippen LogP contribution in [0.3, 0.4) is 0 Å². The summed E-state index contributed by atoms with van der Waals surface area (Å²) < 4.78 is 1.72. The van der Waals surface area contributed by atoms with E-state index in [1.165, 1.54) is 6.20 Å². The Hall–Kier alpha value is -2.63. The summed E-state index contributed by atoms with van der Waals surface area (Å²) in [5.74, 6) is -0.362. The van der Waals surface area contributed by atoms with E-state index in [-0.39, 0.29) is 11.8 Å². The maximum atomic E-state index is 12.3. The van der Waals surface area contributed by atoms with Gasteiger partial charge in [-0.2, -0.15) is 5.10 Å². The van der Waals surface area contributed by atoms with Gasteiger partial charge in [0, 0.05) is 12.7 Å². The van der Waals surface area contributed by atoms with Crippen LogP contribution in [0, 0.1) is 0 Å². The van der Waals surface area contributed by atoms with Gasteiger partial charge in [-0.15, -0.1) is 0 Å². The van der Waals surface area contributed by atoms with Crippen LogP contribution in [0.5, 0.6) is 0 Å². The molecule has 3 rings (SSSR count). The van der Waals surface area contributed by atoms with Crippen molar-refractivity contribution in [3.8, 4) is 0 Å². The van der Waals surface area contributed by atoms with Gasteiger partial charge in [0.2, 0.25) is 5.91 Å². The molecule has 0 unspecified atom stereocenters. The van der Waals surface area contributed by atoms with Crippen molar-refractivity contribution in [1.29, 1.82) is 0 Å². The number of nitrogens with zero attached hydrogens (tertiary/aromatic N) is 2. The van der Waals surface area contributed by atoms with Crippen LogP contribution in [0.1, 0.15) is 35.2 Å². The summed E-state index contributed by atoms with van der Waals surface area (Å²) in [5.41, 5.74) is 1.59. The molecular weight excluding hydrogens is 292 g/mol. The molecule has 1 saturated heterocycles. The number of rotatable bonds is 4. The predicted molar refractivity (Wildman–Crippen MR) is 85.9 cm³/mol. The topological polar surface area (TPSA) is 76.0 Å². The summed E-state index contributed by atoms with van der Waals surface area (Å²) >= 11 is 0. The molecule has 1 aromatic heterocycles. The molecule has 2 N–H and O–H groups in total. The third-order valence-electron chi connectivity index (χ3n) is 3.92. The molecule has 0 bridgehead atoms. The Morgan fingerprint density at radius 3 is 2.96 bits per heavy atom. The number of hydrogen-bond acceptors (Lipinski definition) is 3. The first-order chi connectivity index (χ1) is 11.2. The number of carbonyl (C=O) groups is 2. The summed E-state index contributed by atoms with van der Waals surface area (Å²) in [4.78, 5) is 24.2. The molecule has 120 valence electrons. The van der Waals surface area contributed by atoms with Gasteiger partial charge in [0.1, 0.15) is 6.04 Å². The Bertz CT molecular complexity index is 681. The molecule has 6 nitrogen and oxygen atoms in total. The van der Waals surface area contributed by atoms with E-state index in [0.29, 0.717) is 25.1 Å². The molecule has 1 aromatic carbocycles. The van der Waals surface area contributed by atoms with Crippen LogP contribution < -0.4 is 10.6 Å². The highest BCUT2D eigenvalue weighted by Gasteiger charge is 2.23. The molecule has 1 aliphatic rings. The quantitative estimate of drug-likeness (QED) is 0.894. The van der Waals surface area contributed by atoms with E-state index in [1.54, 1.807) is 10.9 Å². The molecule has 6 heteroatoms. The van der Waals surface area contributed by atoms with Gasteiger partial charge in [-0.25, -0.2) is 0 Å². The van der Waals surface area contributed by atoms with Crippen LogP contribution in [0.4, 0.5) is 0 Å². The highest BCUT2D eigenvalue weighted by Crippen LogP contribution is 2.08. The predicted octanol–water partition coefficient (Wildman–Crippen LogP) is 1.33. The lowest BCUT2D eigenvalue weighted by atomic mass is 10.1. The fourth-order valence-electron chi connectivity index (χ4n) is 2.66. The summed E-state index contributed by atoms with van der Waals surface area (Å²) in [5, 5.41) is 9.83. The lowest BCUT2D eigenvalue weighted by molar-refractivity contribution is -0.122. The van der Waals surface area contributed by atoms with Crippen molar-refractivity contribution in [1.82, 2.24) is 20.4 Å². The minimum Gasteiger partial charge on any atom is -0.354 e. The van der Waals surface area contributed by atoms with Crippen LogP contribution in [-0.4, -0.2) is 34.2 Å². The molecule has 2 heterocycles. The Morgan fingerprint density at radius 2 is 2.13 bits per heavy atom. The van der Waals surface area contributed by atoms with Crippen LogP contribution in [0.25, 0.3) is 0 Å². The van der Waals surface area contributed by atoms with Crippen LogP contribution >= 0.6 is 0 Å². The molecule has 0 radical (unpaired) electrons. The average Bonchev–Trinajstić information content (AvgIpc) is 2.93. The minimum absolute atomic E-state index is 0.104. The first kappa shape index (κ1) is 15.3. The zero-order valence-corrected chi connectivity index (χ0v) is 12.9. The molecule has 1 aliphatic heterocycles. The first-order valence-corrected chi connectivity index (χ1v) is 7.87. The maximum absolute atomic E-state index is 12.3. The summed E-state index contributed by atoms with van der Waals surface area (Å²) in [6.07, 6.45) is 5.80. The molecule has 0 aliphatic carbocycles. The fraction of sp³-hybridized carbons (Fsp3) is 0.353. The van der Waals surface area contributed by atoms with Crippen molar-refractivity contribution in [2.24, 2.45) is 0 Å². The van der Waals surface area contributed by atoms with Gasteiger partial charge in [-0.3, -0.25) is 14.3 Å².